The molecular weight excluding hydrogens is 446 g/mol. The largest absolute Gasteiger partial charge is 0.312 e. The second kappa shape index (κ2) is 8.67. The van der Waals surface area contributed by atoms with Crippen molar-refractivity contribution in [1.82, 2.24) is 9.97 Å². The van der Waals surface area contributed by atoms with Gasteiger partial charge < -0.3 is 4.90 Å². The maximum Gasteiger partial charge on any atom is 0.234 e. The number of rotatable bonds is 5. The Hall–Kier alpha value is -3.72. The summed E-state index contributed by atoms with van der Waals surface area (Å²) in [5.41, 5.74) is 1.38. The lowest BCUT2D eigenvalue weighted by atomic mass is 10.1. The molecule has 0 N–H and O–H groups in total. The number of fused-ring (bicyclic) bond motifs is 1. The number of hydrogen-bond acceptors (Lipinski definition) is 5. The highest BCUT2D eigenvalue weighted by Crippen LogP contribution is 2.34. The van der Waals surface area contributed by atoms with Crippen molar-refractivity contribution in [1.29, 1.82) is 0 Å². The first-order valence-electron chi connectivity index (χ1n) is 10.3. The highest BCUT2D eigenvalue weighted by Gasteiger charge is 2.38. The van der Waals surface area contributed by atoms with Crippen molar-refractivity contribution in [3.8, 4) is 0 Å². The number of anilines is 2. The van der Waals surface area contributed by atoms with Crippen LogP contribution in [0.2, 0.25) is 0 Å². The van der Waals surface area contributed by atoms with Gasteiger partial charge in [0.15, 0.2) is 5.13 Å². The molecule has 0 spiro atoms. The molecule has 0 radical (unpaired) electrons. The van der Waals surface area contributed by atoms with E-state index < -0.39 is 17.6 Å². The number of carbonyl (C=O) groups excluding carboxylic acids is 2. The summed E-state index contributed by atoms with van der Waals surface area (Å²) in [6.07, 6.45) is 1.65. The van der Waals surface area contributed by atoms with Crippen molar-refractivity contribution in [2.75, 3.05) is 16.3 Å². The van der Waals surface area contributed by atoms with E-state index in [1.54, 1.807) is 30.5 Å². The third-order valence-corrected chi connectivity index (χ3v) is 6.56. The first-order chi connectivity index (χ1) is 16.0. The topological polar surface area (TPSA) is 66.4 Å². The first-order valence-corrected chi connectivity index (χ1v) is 11.1. The van der Waals surface area contributed by atoms with Crippen LogP contribution in [0.1, 0.15) is 12.1 Å². The lowest BCUT2D eigenvalue weighted by molar-refractivity contribution is -0.124. The summed E-state index contributed by atoms with van der Waals surface area (Å²) >= 11 is 1.21. The Morgan fingerprint density at radius 1 is 1.09 bits per heavy atom. The SMILES string of the molecule is O=C1CC(C(=O)N(Cc2ccccn2)c2nc3c(F)cccc3s2)CN1c1ccc(F)cc1. The van der Waals surface area contributed by atoms with Crippen LogP contribution < -0.4 is 9.80 Å². The van der Waals surface area contributed by atoms with Gasteiger partial charge in [-0.25, -0.2) is 13.8 Å². The number of hydrogen-bond donors (Lipinski definition) is 0. The number of thiazole rings is 1. The average molecular weight is 464 g/mol. The molecule has 4 aromatic rings. The summed E-state index contributed by atoms with van der Waals surface area (Å²) in [5.74, 6) is -1.99. The molecule has 1 aliphatic rings. The van der Waals surface area contributed by atoms with E-state index in [4.69, 9.17) is 0 Å². The van der Waals surface area contributed by atoms with E-state index in [0.717, 1.165) is 0 Å². The number of halogens is 2. The molecule has 166 valence electrons. The van der Waals surface area contributed by atoms with Crippen molar-refractivity contribution >= 4 is 44.2 Å². The van der Waals surface area contributed by atoms with Crippen LogP contribution in [0.15, 0.2) is 66.9 Å². The molecule has 0 bridgehead atoms. The van der Waals surface area contributed by atoms with Crippen molar-refractivity contribution in [3.63, 3.8) is 0 Å². The van der Waals surface area contributed by atoms with Gasteiger partial charge in [0.1, 0.15) is 17.2 Å². The maximum absolute atomic E-state index is 14.3. The van der Waals surface area contributed by atoms with Gasteiger partial charge in [0.05, 0.1) is 22.9 Å². The van der Waals surface area contributed by atoms with Crippen LogP contribution in [-0.4, -0.2) is 28.3 Å². The molecule has 2 aromatic heterocycles. The molecule has 1 aliphatic heterocycles. The van der Waals surface area contributed by atoms with Gasteiger partial charge in [-0.1, -0.05) is 23.5 Å². The second-order valence-electron chi connectivity index (χ2n) is 7.71. The monoisotopic (exact) mass is 464 g/mol. The van der Waals surface area contributed by atoms with Gasteiger partial charge in [0.2, 0.25) is 11.8 Å². The van der Waals surface area contributed by atoms with E-state index in [1.807, 2.05) is 6.07 Å². The highest BCUT2D eigenvalue weighted by molar-refractivity contribution is 7.22. The fraction of sp³-hybridized carbons (Fsp3) is 0.167. The third-order valence-electron chi connectivity index (χ3n) is 5.51. The fourth-order valence-electron chi connectivity index (χ4n) is 3.88. The van der Waals surface area contributed by atoms with Crippen LogP contribution in [0, 0.1) is 17.6 Å². The van der Waals surface area contributed by atoms with Crippen LogP contribution >= 0.6 is 11.3 Å². The minimum Gasteiger partial charge on any atom is -0.312 e. The number of benzene rings is 2. The Labute approximate surface area is 192 Å². The van der Waals surface area contributed by atoms with Crippen LogP contribution in [-0.2, 0) is 16.1 Å². The van der Waals surface area contributed by atoms with E-state index in [0.29, 0.717) is 21.2 Å². The predicted octanol–water partition coefficient (Wildman–Crippen LogP) is 4.56. The van der Waals surface area contributed by atoms with Crippen molar-refractivity contribution in [3.05, 3.63) is 84.2 Å². The molecule has 1 atom stereocenters. The molecule has 9 heteroatoms. The van der Waals surface area contributed by atoms with E-state index >= 15 is 0 Å². The van der Waals surface area contributed by atoms with E-state index in [1.165, 1.54) is 51.5 Å². The number of amides is 2. The lowest BCUT2D eigenvalue weighted by Gasteiger charge is -2.23. The Morgan fingerprint density at radius 3 is 2.64 bits per heavy atom. The van der Waals surface area contributed by atoms with Crippen molar-refractivity contribution in [2.45, 2.75) is 13.0 Å². The molecule has 0 aliphatic carbocycles. The number of para-hydroxylation sites is 1. The van der Waals surface area contributed by atoms with Gasteiger partial charge in [-0.3, -0.25) is 19.5 Å². The van der Waals surface area contributed by atoms with Crippen LogP contribution in [0.25, 0.3) is 10.2 Å². The van der Waals surface area contributed by atoms with Gasteiger partial charge in [0.25, 0.3) is 0 Å². The molecule has 1 saturated heterocycles. The average Bonchev–Trinajstić information content (AvgIpc) is 3.43. The number of carbonyl (C=O) groups is 2. The van der Waals surface area contributed by atoms with Gasteiger partial charge in [-0.2, -0.15) is 0 Å². The van der Waals surface area contributed by atoms with Gasteiger partial charge in [-0.15, -0.1) is 0 Å². The van der Waals surface area contributed by atoms with Crippen LogP contribution in [0.3, 0.4) is 0 Å². The summed E-state index contributed by atoms with van der Waals surface area (Å²) in [6.45, 7) is 0.309. The Morgan fingerprint density at radius 2 is 1.91 bits per heavy atom. The van der Waals surface area contributed by atoms with Crippen LogP contribution in [0.5, 0.6) is 0 Å². The zero-order valence-electron chi connectivity index (χ0n) is 17.3. The molecular formula is C24H18F2N4O2S. The zero-order chi connectivity index (χ0) is 22.9. The van der Waals surface area contributed by atoms with Crippen molar-refractivity contribution < 1.29 is 18.4 Å². The molecule has 5 rings (SSSR count). The lowest BCUT2D eigenvalue weighted by Crippen LogP contribution is -2.37. The predicted molar refractivity (Wildman–Crippen MR) is 122 cm³/mol. The Balaban J connectivity index is 1.46. The second-order valence-corrected chi connectivity index (χ2v) is 8.72. The molecule has 6 nitrogen and oxygen atoms in total. The summed E-state index contributed by atoms with van der Waals surface area (Å²) in [7, 11) is 0. The smallest absolute Gasteiger partial charge is 0.234 e. The van der Waals surface area contributed by atoms with Crippen LogP contribution in [0.4, 0.5) is 19.6 Å². The summed E-state index contributed by atoms with van der Waals surface area (Å²) in [5, 5.41) is 0.346. The van der Waals surface area contributed by atoms with Gasteiger partial charge >= 0.3 is 0 Å². The summed E-state index contributed by atoms with van der Waals surface area (Å²) in [4.78, 5) is 37.9. The Bertz CT molecular complexity index is 1330. The molecule has 1 fully saturated rings. The standard InChI is InChI=1S/C24H18F2N4O2S/c25-16-7-9-18(10-8-16)29-13-15(12-21(29)31)23(32)30(14-17-4-1-2-11-27-17)24-28-22-19(26)5-3-6-20(22)33-24/h1-11,15H,12-14H2. The molecule has 1 unspecified atom stereocenters. The van der Waals surface area contributed by atoms with Crippen molar-refractivity contribution in [2.24, 2.45) is 5.92 Å². The van der Waals surface area contributed by atoms with E-state index in [9.17, 15) is 18.4 Å². The quantitative estimate of drug-likeness (QED) is 0.435. The molecule has 2 amide bonds. The third kappa shape index (κ3) is 4.19. The first kappa shape index (κ1) is 21.1. The molecule has 0 saturated carbocycles. The number of nitrogens with zero attached hydrogens (tertiary/aromatic N) is 4. The normalized spacial score (nSPS) is 15.9. The van der Waals surface area contributed by atoms with E-state index in [2.05, 4.69) is 9.97 Å². The van der Waals surface area contributed by atoms with Gasteiger partial charge in [-0.05, 0) is 48.5 Å². The summed E-state index contributed by atoms with van der Waals surface area (Å²) in [6, 6.07) is 15.6. The molecule has 2 aromatic carbocycles. The van der Waals surface area contributed by atoms with E-state index in [-0.39, 0.29) is 36.8 Å². The minimum atomic E-state index is -0.622. The number of pyridine rings is 1. The highest BCUT2D eigenvalue weighted by atomic mass is 32.1. The summed E-state index contributed by atoms with van der Waals surface area (Å²) < 4.78 is 28.2. The Kier molecular flexibility index (Phi) is 5.55. The zero-order valence-corrected chi connectivity index (χ0v) is 18.1. The molecule has 33 heavy (non-hydrogen) atoms. The fourth-order valence-corrected chi connectivity index (χ4v) is 4.86. The van der Waals surface area contributed by atoms with Gasteiger partial charge in [0, 0.05) is 24.8 Å². The maximum atomic E-state index is 14.3. The molecule has 3 heterocycles. The minimum absolute atomic E-state index is 0.0220. The number of aromatic nitrogens is 2.